The van der Waals surface area contributed by atoms with Crippen molar-refractivity contribution in [3.63, 3.8) is 0 Å². The molecule has 2 amide bonds. The third-order valence-corrected chi connectivity index (χ3v) is 7.00. The van der Waals surface area contributed by atoms with Crippen LogP contribution in [0.5, 0.6) is 0 Å². The number of rotatable bonds is 5. The van der Waals surface area contributed by atoms with Gasteiger partial charge in [0.05, 0.1) is 36.0 Å². The highest BCUT2D eigenvalue weighted by molar-refractivity contribution is 6.30. The zero-order valence-corrected chi connectivity index (χ0v) is 20.2. The summed E-state index contributed by atoms with van der Waals surface area (Å²) in [5.74, 6) is 0.0504. The summed E-state index contributed by atoms with van der Waals surface area (Å²) in [5.41, 5.74) is 2.49. The van der Waals surface area contributed by atoms with Crippen LogP contribution in [0.4, 0.5) is 15.1 Å². The molecule has 2 saturated heterocycles. The minimum absolute atomic E-state index is 0.0407. The van der Waals surface area contributed by atoms with E-state index < -0.39 is 11.9 Å². The van der Waals surface area contributed by atoms with Crippen LogP contribution in [-0.4, -0.2) is 72.5 Å². The van der Waals surface area contributed by atoms with Crippen molar-refractivity contribution in [1.82, 2.24) is 25.5 Å². The van der Waals surface area contributed by atoms with Crippen molar-refractivity contribution in [1.29, 1.82) is 0 Å². The van der Waals surface area contributed by atoms with Gasteiger partial charge < -0.3 is 30.3 Å². The highest BCUT2D eigenvalue weighted by atomic mass is 35.5. The molecule has 1 aromatic heterocycles. The smallest absolute Gasteiger partial charge is 0.318 e. The number of nitrogens with zero attached hydrogens (tertiary/aromatic N) is 3. The van der Waals surface area contributed by atoms with Gasteiger partial charge in [-0.3, -0.25) is 0 Å². The average Bonchev–Trinajstić information content (AvgIpc) is 2.89. The summed E-state index contributed by atoms with van der Waals surface area (Å²) >= 11 is 5.88. The van der Waals surface area contributed by atoms with Crippen LogP contribution in [0.15, 0.2) is 24.4 Å². The number of halogens is 2. The van der Waals surface area contributed by atoms with Crippen LogP contribution in [0.3, 0.4) is 0 Å². The fourth-order valence-corrected chi connectivity index (χ4v) is 4.81. The quantitative estimate of drug-likeness (QED) is 0.575. The number of amides is 2. The Hall–Kier alpha value is -2.53. The first-order chi connectivity index (χ1) is 17.1. The molecule has 35 heavy (non-hydrogen) atoms. The monoisotopic (exact) mass is 504 g/mol. The maximum Gasteiger partial charge on any atom is 0.318 e. The number of hydrogen-bond donors (Lipinski definition) is 3. The molecule has 1 aromatic carbocycles. The average molecular weight is 505 g/mol. The number of morpholine rings is 1. The van der Waals surface area contributed by atoms with Crippen LogP contribution in [0.1, 0.15) is 35.7 Å². The van der Waals surface area contributed by atoms with Crippen LogP contribution in [-0.2, 0) is 22.4 Å². The van der Waals surface area contributed by atoms with Gasteiger partial charge in [0.1, 0.15) is 5.82 Å². The number of carbonyl (C=O) groups is 1. The number of benzene rings is 1. The number of hydrogen-bond acceptors (Lipinski definition) is 7. The third-order valence-electron chi connectivity index (χ3n) is 6.70. The van der Waals surface area contributed by atoms with Crippen molar-refractivity contribution in [2.75, 3.05) is 44.8 Å². The molecule has 2 atom stereocenters. The van der Waals surface area contributed by atoms with Gasteiger partial charge in [-0.15, -0.1) is 0 Å². The molecular weight excluding hydrogens is 475 g/mol. The Bertz CT molecular complexity index is 1050. The second-order valence-corrected chi connectivity index (χ2v) is 9.49. The number of carbonyl (C=O) groups excluding carboxylic acids is 1. The van der Waals surface area contributed by atoms with Gasteiger partial charge in [-0.25, -0.2) is 19.2 Å². The highest BCUT2D eigenvalue weighted by Gasteiger charge is 2.31. The molecule has 3 aliphatic heterocycles. The zero-order valence-electron chi connectivity index (χ0n) is 19.4. The lowest BCUT2D eigenvalue weighted by atomic mass is 10.00. The number of fused-ring (bicyclic) bond motifs is 1. The van der Waals surface area contributed by atoms with E-state index in [1.807, 2.05) is 6.20 Å². The maximum absolute atomic E-state index is 14.2. The van der Waals surface area contributed by atoms with E-state index in [-0.39, 0.29) is 23.2 Å². The molecule has 0 unspecified atom stereocenters. The normalized spacial score (nSPS) is 21.8. The van der Waals surface area contributed by atoms with E-state index in [1.54, 1.807) is 11.0 Å². The Labute approximate surface area is 208 Å². The van der Waals surface area contributed by atoms with Crippen molar-refractivity contribution in [3.05, 3.63) is 52.1 Å². The predicted molar refractivity (Wildman–Crippen MR) is 129 cm³/mol. The fourth-order valence-electron chi connectivity index (χ4n) is 4.69. The SMILES string of the molecule is O=C(N[C@@H](c1ccc(Cl)c(F)c1)[C@@H]1CNCCO1)N1CCc2cnc(NC3CCOCC3)nc2C1. The zero-order chi connectivity index (χ0) is 24.2. The molecule has 0 saturated carbocycles. The molecule has 5 rings (SSSR count). The van der Waals surface area contributed by atoms with Gasteiger partial charge >= 0.3 is 6.03 Å². The first-order valence-corrected chi connectivity index (χ1v) is 12.5. The van der Waals surface area contributed by atoms with Crippen molar-refractivity contribution in [2.24, 2.45) is 0 Å². The lowest BCUT2D eigenvalue weighted by molar-refractivity contribution is 0.00488. The van der Waals surface area contributed by atoms with Gasteiger partial charge in [-0.2, -0.15) is 0 Å². The third kappa shape index (κ3) is 5.83. The Morgan fingerprint density at radius 1 is 1.29 bits per heavy atom. The summed E-state index contributed by atoms with van der Waals surface area (Å²) in [5, 5.41) is 9.78. The van der Waals surface area contributed by atoms with Gasteiger partial charge in [-0.1, -0.05) is 17.7 Å². The number of aromatic nitrogens is 2. The summed E-state index contributed by atoms with van der Waals surface area (Å²) in [6, 6.07) is 4.10. The van der Waals surface area contributed by atoms with E-state index in [4.69, 9.17) is 26.1 Å². The van der Waals surface area contributed by atoms with E-state index >= 15 is 0 Å². The van der Waals surface area contributed by atoms with Gasteiger partial charge in [0.15, 0.2) is 0 Å². The van der Waals surface area contributed by atoms with Gasteiger partial charge in [0.2, 0.25) is 5.95 Å². The molecule has 4 heterocycles. The summed E-state index contributed by atoms with van der Waals surface area (Å²) in [7, 11) is 0. The molecular formula is C24H30ClFN6O3. The Morgan fingerprint density at radius 2 is 2.14 bits per heavy atom. The first-order valence-electron chi connectivity index (χ1n) is 12.1. The second-order valence-electron chi connectivity index (χ2n) is 9.08. The van der Waals surface area contributed by atoms with Crippen LogP contribution in [0, 0.1) is 5.82 Å². The molecule has 0 aliphatic carbocycles. The standard InChI is InChI=1S/C24H30ClFN6O3/c25-18-2-1-15(11-19(18)26)22(21-13-27-6-10-35-21)31-24(33)32-7-3-16-12-28-23(30-20(16)14-32)29-17-4-8-34-9-5-17/h1-2,11-12,17,21-22,27H,3-10,13-14H2,(H,31,33)(H,28,29,30)/t21-,22-/m0/s1. The number of nitrogens with one attached hydrogen (secondary N) is 3. The molecule has 188 valence electrons. The summed E-state index contributed by atoms with van der Waals surface area (Å²) in [6.07, 6.45) is 4.02. The van der Waals surface area contributed by atoms with Crippen molar-refractivity contribution in [2.45, 2.75) is 44.0 Å². The van der Waals surface area contributed by atoms with Gasteiger partial charge in [-0.05, 0) is 42.5 Å². The minimum atomic E-state index is -0.528. The van der Waals surface area contributed by atoms with Crippen LogP contribution in [0.25, 0.3) is 0 Å². The summed E-state index contributed by atoms with van der Waals surface area (Å²) in [6.45, 7) is 4.18. The van der Waals surface area contributed by atoms with Crippen LogP contribution in [0.2, 0.25) is 5.02 Å². The molecule has 0 spiro atoms. The lowest BCUT2D eigenvalue weighted by Crippen LogP contribution is -2.51. The molecule has 9 nitrogen and oxygen atoms in total. The lowest BCUT2D eigenvalue weighted by Gasteiger charge is -2.35. The predicted octanol–water partition coefficient (Wildman–Crippen LogP) is 2.66. The number of ether oxygens (including phenoxy) is 2. The van der Waals surface area contributed by atoms with Crippen LogP contribution < -0.4 is 16.0 Å². The Balaban J connectivity index is 1.29. The topological polar surface area (TPSA) is 101 Å². The van der Waals surface area contributed by atoms with E-state index in [9.17, 15) is 9.18 Å². The molecule has 0 radical (unpaired) electrons. The highest BCUT2D eigenvalue weighted by Crippen LogP contribution is 2.26. The van der Waals surface area contributed by atoms with Gasteiger partial charge in [0.25, 0.3) is 0 Å². The molecule has 0 bridgehead atoms. The fraction of sp³-hybridized carbons (Fsp3) is 0.542. The van der Waals surface area contributed by atoms with Gasteiger partial charge in [0, 0.05) is 45.1 Å². The van der Waals surface area contributed by atoms with Crippen LogP contribution >= 0.6 is 11.6 Å². The Kier molecular flexibility index (Phi) is 7.62. The first kappa shape index (κ1) is 24.2. The summed E-state index contributed by atoms with van der Waals surface area (Å²) < 4.78 is 25.6. The minimum Gasteiger partial charge on any atom is -0.381 e. The second kappa shape index (κ2) is 11.0. The molecule has 11 heteroatoms. The molecule has 3 N–H and O–H groups in total. The molecule has 3 aliphatic rings. The van der Waals surface area contributed by atoms with E-state index in [2.05, 4.69) is 20.9 Å². The number of anilines is 1. The van der Waals surface area contributed by atoms with E-state index in [1.165, 1.54) is 12.1 Å². The Morgan fingerprint density at radius 3 is 2.91 bits per heavy atom. The van der Waals surface area contributed by atoms with E-state index in [0.29, 0.717) is 44.2 Å². The number of urea groups is 1. The summed E-state index contributed by atoms with van der Waals surface area (Å²) in [4.78, 5) is 24.2. The van der Waals surface area contributed by atoms with Crippen molar-refractivity contribution in [3.8, 4) is 0 Å². The maximum atomic E-state index is 14.2. The van der Waals surface area contributed by atoms with Crippen molar-refractivity contribution < 1.29 is 18.7 Å². The molecule has 2 fully saturated rings. The van der Waals surface area contributed by atoms with Crippen molar-refractivity contribution >= 4 is 23.6 Å². The largest absolute Gasteiger partial charge is 0.381 e. The molecule has 2 aromatic rings. The van der Waals surface area contributed by atoms with E-state index in [0.717, 1.165) is 43.9 Å².